The first-order valence-electron chi connectivity index (χ1n) is 7.61. The van der Waals surface area contributed by atoms with Gasteiger partial charge < -0.3 is 10.6 Å². The zero-order valence-electron chi connectivity index (χ0n) is 12.9. The quantitative estimate of drug-likeness (QED) is 0.760. The van der Waals surface area contributed by atoms with Crippen molar-refractivity contribution in [1.82, 2.24) is 5.32 Å². The summed E-state index contributed by atoms with van der Waals surface area (Å²) in [6.45, 7) is 0.628. The highest BCUT2D eigenvalue weighted by Gasteiger charge is 2.07. The van der Waals surface area contributed by atoms with E-state index < -0.39 is 0 Å². The van der Waals surface area contributed by atoms with E-state index in [0.29, 0.717) is 24.2 Å². The Morgan fingerprint density at radius 3 is 2.86 bits per heavy atom. The van der Waals surface area contributed by atoms with Crippen molar-refractivity contribution in [3.63, 3.8) is 0 Å². The second-order valence-electron chi connectivity index (χ2n) is 5.37. The van der Waals surface area contributed by atoms with E-state index in [4.69, 9.17) is 0 Å². The van der Waals surface area contributed by atoms with Crippen LogP contribution < -0.4 is 10.6 Å². The molecule has 1 aliphatic carbocycles. The van der Waals surface area contributed by atoms with Crippen molar-refractivity contribution in [3.8, 4) is 0 Å². The number of hydrogen-bond acceptors (Lipinski definition) is 3. The third-order valence-electron chi connectivity index (χ3n) is 3.64. The minimum Gasteiger partial charge on any atom is -0.326 e. The maximum atomic E-state index is 12.0. The number of hydrogen-bond donors (Lipinski definition) is 2. The molecule has 1 aromatic rings. The third kappa shape index (κ3) is 4.67. The third-order valence-corrected chi connectivity index (χ3v) is 3.64. The molecule has 1 aliphatic rings. The summed E-state index contributed by atoms with van der Waals surface area (Å²) in [6.07, 6.45) is 10.6. The molecule has 116 valence electrons. The highest BCUT2D eigenvalue weighted by molar-refractivity contribution is 5.92. The molecule has 0 aromatic heterocycles. The molecule has 0 aliphatic heterocycles. The van der Waals surface area contributed by atoms with Crippen molar-refractivity contribution in [2.45, 2.75) is 32.2 Å². The molecule has 4 heteroatoms. The lowest BCUT2D eigenvalue weighted by molar-refractivity contribution is -0.116. The highest BCUT2D eigenvalue weighted by atomic mass is 16.1. The molecule has 0 saturated heterocycles. The molecule has 1 amide bonds. The van der Waals surface area contributed by atoms with Gasteiger partial charge in [0.05, 0.1) is 0 Å². The van der Waals surface area contributed by atoms with Crippen LogP contribution in [-0.2, 0) is 11.3 Å². The Kier molecular flexibility index (Phi) is 6.10. The number of allylic oxidation sites excluding steroid dienone is 4. The van der Waals surface area contributed by atoms with E-state index >= 15 is 0 Å². The first-order chi connectivity index (χ1) is 10.7. The van der Waals surface area contributed by atoms with Crippen molar-refractivity contribution < 1.29 is 9.59 Å². The van der Waals surface area contributed by atoms with Crippen LogP contribution in [0.2, 0.25) is 0 Å². The van der Waals surface area contributed by atoms with Gasteiger partial charge in [0.1, 0.15) is 6.29 Å². The van der Waals surface area contributed by atoms with Gasteiger partial charge in [0.15, 0.2) is 0 Å². The summed E-state index contributed by atoms with van der Waals surface area (Å²) in [5.74, 6) is -0.0295. The fourth-order valence-electron chi connectivity index (χ4n) is 2.47. The second-order valence-corrected chi connectivity index (χ2v) is 5.37. The van der Waals surface area contributed by atoms with E-state index in [9.17, 15) is 9.59 Å². The molecule has 2 N–H and O–H groups in total. The van der Waals surface area contributed by atoms with Crippen LogP contribution in [0.25, 0.3) is 0 Å². The van der Waals surface area contributed by atoms with Crippen LogP contribution in [0.5, 0.6) is 0 Å². The molecule has 0 heterocycles. The number of carbonyl (C=O) groups is 2. The van der Waals surface area contributed by atoms with Crippen molar-refractivity contribution >= 4 is 17.9 Å². The van der Waals surface area contributed by atoms with Gasteiger partial charge >= 0.3 is 0 Å². The van der Waals surface area contributed by atoms with Gasteiger partial charge in [0.25, 0.3) is 0 Å². The normalized spacial score (nSPS) is 13.6. The largest absolute Gasteiger partial charge is 0.326 e. The van der Waals surface area contributed by atoms with Crippen LogP contribution in [-0.4, -0.2) is 19.2 Å². The fraction of sp³-hybridized carbons (Fsp3) is 0.333. The average molecular weight is 298 g/mol. The second kappa shape index (κ2) is 8.29. The van der Waals surface area contributed by atoms with Crippen LogP contribution in [0.15, 0.2) is 42.0 Å². The molecular formula is C18H22N2O2. The summed E-state index contributed by atoms with van der Waals surface area (Å²) >= 11 is 0. The number of carbonyl (C=O) groups excluding carboxylic acids is 2. The Morgan fingerprint density at radius 2 is 2.18 bits per heavy atom. The molecule has 22 heavy (non-hydrogen) atoms. The standard InChI is InChI=1S/C18H22N2O2/c1-19-12-15-8-9-17(11-16(15)13-21)20-18(22)10-7-14-5-3-2-4-6-14/h3,5-6,8-9,11,13,19H,2,4,7,10,12H2,1H3,(H,20,22). The monoisotopic (exact) mass is 298 g/mol. The molecule has 0 saturated carbocycles. The number of rotatable bonds is 7. The maximum Gasteiger partial charge on any atom is 0.224 e. The van der Waals surface area contributed by atoms with Crippen LogP contribution >= 0.6 is 0 Å². The predicted molar refractivity (Wildman–Crippen MR) is 88.9 cm³/mol. The van der Waals surface area contributed by atoms with Crippen molar-refractivity contribution in [2.24, 2.45) is 0 Å². The Bertz CT molecular complexity index is 603. The molecule has 0 unspecified atom stereocenters. The van der Waals surface area contributed by atoms with Crippen molar-refractivity contribution in [3.05, 3.63) is 53.1 Å². The summed E-state index contributed by atoms with van der Waals surface area (Å²) in [4.78, 5) is 23.1. The van der Waals surface area contributed by atoms with Crippen molar-refractivity contribution in [2.75, 3.05) is 12.4 Å². The van der Waals surface area contributed by atoms with E-state index in [0.717, 1.165) is 31.1 Å². The molecule has 0 fully saturated rings. The van der Waals surface area contributed by atoms with Crippen LogP contribution in [0, 0.1) is 0 Å². The zero-order valence-corrected chi connectivity index (χ0v) is 12.9. The Balaban J connectivity index is 1.92. The first kappa shape index (κ1) is 16.2. The van der Waals surface area contributed by atoms with Gasteiger partial charge in [-0.05, 0) is 44.0 Å². The highest BCUT2D eigenvalue weighted by Crippen LogP contribution is 2.17. The molecule has 1 aromatic carbocycles. The van der Waals surface area contributed by atoms with E-state index in [2.05, 4.69) is 28.9 Å². The van der Waals surface area contributed by atoms with Gasteiger partial charge in [-0.15, -0.1) is 0 Å². The van der Waals surface area contributed by atoms with Crippen molar-refractivity contribution in [1.29, 1.82) is 0 Å². The van der Waals surface area contributed by atoms with Gasteiger partial charge in [-0.25, -0.2) is 0 Å². The van der Waals surface area contributed by atoms with Gasteiger partial charge in [0, 0.05) is 24.2 Å². The van der Waals surface area contributed by atoms with Crippen LogP contribution in [0.3, 0.4) is 0 Å². The fourth-order valence-corrected chi connectivity index (χ4v) is 2.47. The Morgan fingerprint density at radius 1 is 1.32 bits per heavy atom. The van der Waals surface area contributed by atoms with E-state index in [-0.39, 0.29) is 5.91 Å². The van der Waals surface area contributed by atoms with Gasteiger partial charge in [0.2, 0.25) is 5.91 Å². The average Bonchev–Trinajstić information content (AvgIpc) is 2.55. The summed E-state index contributed by atoms with van der Waals surface area (Å²) < 4.78 is 0. The van der Waals surface area contributed by atoms with E-state index in [1.54, 1.807) is 6.07 Å². The maximum absolute atomic E-state index is 12.0. The molecule has 4 nitrogen and oxygen atoms in total. The topological polar surface area (TPSA) is 58.2 Å². The van der Waals surface area contributed by atoms with Gasteiger partial charge in [-0.1, -0.05) is 29.9 Å². The smallest absolute Gasteiger partial charge is 0.224 e. The summed E-state index contributed by atoms with van der Waals surface area (Å²) in [6, 6.07) is 5.41. The molecule has 0 bridgehead atoms. The first-order valence-corrected chi connectivity index (χ1v) is 7.61. The van der Waals surface area contributed by atoms with E-state index in [1.165, 1.54) is 5.57 Å². The number of aldehydes is 1. The molecule has 0 atom stereocenters. The lowest BCUT2D eigenvalue weighted by Gasteiger charge is -2.10. The van der Waals surface area contributed by atoms with Gasteiger partial charge in [-0.2, -0.15) is 0 Å². The number of amides is 1. The van der Waals surface area contributed by atoms with Gasteiger partial charge in [-0.3, -0.25) is 9.59 Å². The Labute approximate surface area is 131 Å². The summed E-state index contributed by atoms with van der Waals surface area (Å²) in [5, 5.41) is 5.87. The number of nitrogens with one attached hydrogen (secondary N) is 2. The summed E-state index contributed by atoms with van der Waals surface area (Å²) in [5.41, 5.74) is 3.41. The number of benzene rings is 1. The van der Waals surface area contributed by atoms with Crippen LogP contribution in [0.1, 0.15) is 41.6 Å². The molecule has 0 spiro atoms. The minimum absolute atomic E-state index is 0.0295. The lowest BCUT2D eigenvalue weighted by Crippen LogP contribution is -2.13. The molecule has 2 rings (SSSR count). The minimum atomic E-state index is -0.0295. The molecular weight excluding hydrogens is 276 g/mol. The SMILES string of the molecule is CNCc1ccc(NC(=O)CCC2=CCCC=C2)cc1C=O. The lowest BCUT2D eigenvalue weighted by atomic mass is 10.0. The summed E-state index contributed by atoms with van der Waals surface area (Å²) in [7, 11) is 1.83. The molecule has 0 radical (unpaired) electrons. The Hall–Kier alpha value is -2.20. The zero-order chi connectivity index (χ0) is 15.8. The predicted octanol–water partition coefficient (Wildman–Crippen LogP) is 3.21. The number of anilines is 1. The van der Waals surface area contributed by atoms with E-state index in [1.807, 2.05) is 19.2 Å². The van der Waals surface area contributed by atoms with Crippen LogP contribution in [0.4, 0.5) is 5.69 Å².